The zero-order valence-corrected chi connectivity index (χ0v) is 27.5. The summed E-state index contributed by atoms with van der Waals surface area (Å²) in [7, 11) is 0. The van der Waals surface area contributed by atoms with Crippen molar-refractivity contribution in [1.29, 1.82) is 0 Å². The van der Waals surface area contributed by atoms with Crippen molar-refractivity contribution in [1.82, 2.24) is 0 Å². The second-order valence-corrected chi connectivity index (χ2v) is 15.4. The van der Waals surface area contributed by atoms with E-state index < -0.39 is 28.2 Å². The van der Waals surface area contributed by atoms with Crippen LogP contribution in [0.1, 0.15) is 25.7 Å². The first-order chi connectivity index (χ1) is 14.6. The fourth-order valence-corrected chi connectivity index (χ4v) is 13.0. The topological polar surface area (TPSA) is 17.1 Å². The van der Waals surface area contributed by atoms with Gasteiger partial charge in [0.25, 0.3) is 0 Å². The van der Waals surface area contributed by atoms with Gasteiger partial charge in [-0.1, -0.05) is 92.8 Å². The van der Waals surface area contributed by atoms with Gasteiger partial charge in [-0.25, -0.2) is 0 Å². The molecule has 0 aromatic carbocycles. The molecular formula is C18H13Cl12OSb. The summed E-state index contributed by atoms with van der Waals surface area (Å²) in [5.74, 6) is -0.976. The molecule has 0 saturated heterocycles. The Balaban J connectivity index is 0.00000119. The number of alkyl halides is 8. The van der Waals surface area contributed by atoms with Crippen molar-refractivity contribution in [2.45, 2.75) is 53.8 Å². The molecule has 3 fully saturated rings. The zero-order chi connectivity index (χ0) is 24.4. The molecule has 0 amide bonds. The second-order valence-electron chi connectivity index (χ2n) is 8.83. The minimum absolute atomic E-state index is 0.191. The third-order valence-corrected chi connectivity index (χ3v) is 16.8. The number of halogens is 12. The molecular weight excluding hydrogens is 779 g/mol. The standard InChI is InChI=1S/C18H12Cl12.O.Sb.H/c19-9-10(20)15(25)7-3-4-8-6(2-1-5(7)13(9,23)17(15,27)28)14(24)11(21)12(22)16(8,26)18(14,29)30;;;/h5-8H,1-4H2;;;. The molecule has 5 aliphatic rings. The number of rotatable bonds is 0. The molecule has 0 aromatic heterocycles. The van der Waals surface area contributed by atoms with Crippen LogP contribution in [-0.2, 0) is 3.02 Å². The van der Waals surface area contributed by atoms with Gasteiger partial charge in [0, 0.05) is 0 Å². The van der Waals surface area contributed by atoms with E-state index in [-0.39, 0.29) is 43.8 Å². The van der Waals surface area contributed by atoms with Crippen LogP contribution in [0.5, 0.6) is 0 Å². The van der Waals surface area contributed by atoms with Crippen LogP contribution in [0.25, 0.3) is 0 Å². The van der Waals surface area contributed by atoms with Crippen LogP contribution in [0, 0.1) is 23.7 Å². The number of hydrogen-bond donors (Lipinski definition) is 0. The first kappa shape index (κ1) is 28.6. The van der Waals surface area contributed by atoms with Crippen molar-refractivity contribution < 1.29 is 3.02 Å². The van der Waals surface area contributed by atoms with Crippen molar-refractivity contribution in [2.75, 3.05) is 0 Å². The van der Waals surface area contributed by atoms with Crippen LogP contribution in [0.15, 0.2) is 20.1 Å². The summed E-state index contributed by atoms with van der Waals surface area (Å²) in [5, 5.41) is 0.765. The predicted octanol–water partition coefficient (Wildman–Crippen LogP) is 8.95. The molecule has 8 unspecified atom stereocenters. The van der Waals surface area contributed by atoms with Gasteiger partial charge in [-0.05, 0) is 49.4 Å². The van der Waals surface area contributed by atoms with E-state index in [9.17, 15) is 0 Å². The molecule has 0 aliphatic heterocycles. The van der Waals surface area contributed by atoms with Crippen molar-refractivity contribution in [3.05, 3.63) is 20.1 Å². The van der Waals surface area contributed by atoms with Gasteiger partial charge in [-0.2, -0.15) is 0 Å². The molecule has 5 aliphatic carbocycles. The van der Waals surface area contributed by atoms with Crippen molar-refractivity contribution >= 4 is 162 Å². The van der Waals surface area contributed by atoms with Crippen molar-refractivity contribution in [3.63, 3.8) is 0 Å². The Morgan fingerprint density at radius 2 is 0.625 bits per heavy atom. The fourth-order valence-electron chi connectivity index (χ4n) is 6.73. The molecule has 0 spiro atoms. The van der Waals surface area contributed by atoms with E-state index in [2.05, 4.69) is 0 Å². The molecule has 0 N–H and O–H groups in total. The molecule has 3 saturated carbocycles. The number of fused-ring (bicyclic) bond motifs is 10. The van der Waals surface area contributed by atoms with E-state index in [1.165, 1.54) is 0 Å². The zero-order valence-electron chi connectivity index (χ0n) is 15.6. The van der Waals surface area contributed by atoms with Gasteiger partial charge in [0.2, 0.25) is 0 Å². The Labute approximate surface area is 259 Å². The van der Waals surface area contributed by atoms with E-state index >= 15 is 0 Å². The third kappa shape index (κ3) is 2.76. The molecule has 8 atom stereocenters. The van der Waals surface area contributed by atoms with Gasteiger partial charge in [0.1, 0.15) is 19.5 Å². The van der Waals surface area contributed by atoms with Gasteiger partial charge in [0.05, 0.1) is 20.1 Å². The van der Waals surface area contributed by atoms with Crippen LogP contribution >= 0.6 is 139 Å². The molecule has 5 rings (SSSR count). The summed E-state index contributed by atoms with van der Waals surface area (Å²) in [4.78, 5) is -5.28. The average molecular weight is 792 g/mol. The third-order valence-electron chi connectivity index (χ3n) is 8.08. The molecule has 14 heteroatoms. The number of allylic oxidation sites excluding steroid dienone is 4. The molecule has 0 aromatic rings. The van der Waals surface area contributed by atoms with Crippen LogP contribution in [0.3, 0.4) is 0 Å². The van der Waals surface area contributed by atoms with E-state index in [0.717, 1.165) is 0 Å². The summed E-state index contributed by atoms with van der Waals surface area (Å²) in [6.07, 6.45) is 2.22. The minimum atomic E-state index is -1.58. The first-order valence-electron chi connectivity index (χ1n) is 9.43. The van der Waals surface area contributed by atoms with Crippen LogP contribution in [0.2, 0.25) is 0 Å². The van der Waals surface area contributed by atoms with Crippen LogP contribution in [-0.4, -0.2) is 51.2 Å². The normalized spacial score (nSPS) is 52.2. The molecule has 1 nitrogen and oxygen atoms in total. The Hall–Kier alpha value is 3.58. The van der Waals surface area contributed by atoms with E-state index in [1.54, 1.807) is 0 Å². The Morgan fingerprint density at radius 1 is 0.469 bits per heavy atom. The second kappa shape index (κ2) is 8.54. The van der Waals surface area contributed by atoms with E-state index in [0.29, 0.717) is 48.7 Å². The molecule has 32 heavy (non-hydrogen) atoms. The van der Waals surface area contributed by atoms with Gasteiger partial charge in [-0.3, -0.25) is 0 Å². The Bertz CT molecular complexity index is 810. The van der Waals surface area contributed by atoms with Crippen molar-refractivity contribution in [3.8, 4) is 0 Å². The average Bonchev–Trinajstić information content (AvgIpc) is 3.03. The van der Waals surface area contributed by atoms with Crippen molar-refractivity contribution in [2.24, 2.45) is 23.7 Å². The summed E-state index contributed by atoms with van der Waals surface area (Å²) in [5.41, 5.74) is 0. The SMILES string of the molecule is ClC1=C(Cl)C2(Cl)C3CCC4C(CCC3C1(Cl)C2(Cl)Cl)C1(Cl)C(Cl)=C(Cl)C4(Cl)C1(Cl)Cl.[O]=[SbH]. The maximum atomic E-state index is 8.34. The van der Waals surface area contributed by atoms with Crippen LogP contribution < -0.4 is 0 Å². The van der Waals surface area contributed by atoms with E-state index in [4.69, 9.17) is 142 Å². The van der Waals surface area contributed by atoms with Gasteiger partial charge in [-0.15, -0.1) is 46.4 Å². The Morgan fingerprint density at radius 3 is 0.781 bits per heavy atom. The first-order valence-corrected chi connectivity index (χ1v) is 15.1. The molecule has 4 bridgehead atoms. The van der Waals surface area contributed by atoms with Gasteiger partial charge < -0.3 is 0 Å². The summed E-state index contributed by atoms with van der Waals surface area (Å²) in [6, 6.07) is 0. The van der Waals surface area contributed by atoms with Gasteiger partial charge >= 0.3 is 26.0 Å². The number of hydrogen-bond acceptors (Lipinski definition) is 1. The summed E-state index contributed by atoms with van der Waals surface area (Å²) >= 11 is 81.6. The summed E-state index contributed by atoms with van der Waals surface area (Å²) < 4.78 is 5.17. The molecule has 180 valence electrons. The maximum absolute atomic E-state index is 8.34. The van der Waals surface area contributed by atoms with Crippen LogP contribution in [0.4, 0.5) is 0 Å². The fraction of sp³-hybridized carbons (Fsp3) is 0.778. The summed E-state index contributed by atoms with van der Waals surface area (Å²) in [6.45, 7) is 0. The monoisotopic (exact) mass is 786 g/mol. The predicted molar refractivity (Wildman–Crippen MR) is 141 cm³/mol. The quantitative estimate of drug-likeness (QED) is 0.177. The Kier molecular flexibility index (Phi) is 7.63. The van der Waals surface area contributed by atoms with Gasteiger partial charge in [0.15, 0.2) is 8.67 Å². The molecule has 0 radical (unpaired) electrons. The molecule has 0 heterocycles. The van der Waals surface area contributed by atoms with E-state index in [1.807, 2.05) is 0 Å².